The van der Waals surface area contributed by atoms with Gasteiger partial charge in [0.2, 0.25) is 0 Å². The molecule has 1 heterocycles. The number of nitrogen functional groups attached to an aromatic ring is 1. The summed E-state index contributed by atoms with van der Waals surface area (Å²) in [6, 6.07) is 10.1. The number of fused-ring (bicyclic) bond motifs is 1. The van der Waals surface area contributed by atoms with Crippen LogP contribution in [0.1, 0.15) is 0 Å². The summed E-state index contributed by atoms with van der Waals surface area (Å²) in [6.45, 7) is 0. The number of aromatic nitrogens is 2. The maximum atomic E-state index is 13.2. The molecule has 0 aliphatic carbocycles. The van der Waals surface area contributed by atoms with Crippen molar-refractivity contribution in [2.45, 2.75) is 0 Å². The fraction of sp³-hybridized carbons (Fsp3) is 0.0714. The average molecular weight is 276 g/mol. The molecule has 0 amide bonds. The van der Waals surface area contributed by atoms with E-state index in [1.165, 1.54) is 6.07 Å². The van der Waals surface area contributed by atoms with E-state index in [4.69, 9.17) is 17.3 Å². The largest absolute Gasteiger partial charge is 0.396 e. The second-order valence-corrected chi connectivity index (χ2v) is 4.80. The van der Waals surface area contributed by atoms with Crippen LogP contribution in [0.25, 0.3) is 22.4 Å². The van der Waals surface area contributed by atoms with Gasteiger partial charge in [0.15, 0.2) is 0 Å². The Bertz CT molecular complexity index is 780. The molecule has 0 saturated heterocycles. The normalized spacial score (nSPS) is 11.1. The molecule has 0 bridgehead atoms. The second kappa shape index (κ2) is 4.24. The lowest BCUT2D eigenvalue weighted by molar-refractivity contribution is 0.632. The Hall–Kier alpha value is -2.07. The Balaban J connectivity index is 2.24. The van der Waals surface area contributed by atoms with Crippen molar-refractivity contribution < 1.29 is 4.39 Å². The predicted octanol–water partition coefficient (Wildman–Crippen LogP) is 3.62. The predicted molar refractivity (Wildman–Crippen MR) is 75.5 cm³/mol. The summed E-state index contributed by atoms with van der Waals surface area (Å²) >= 11 is 5.95. The van der Waals surface area contributed by atoms with Gasteiger partial charge < -0.3 is 10.3 Å². The Labute approximate surface area is 114 Å². The van der Waals surface area contributed by atoms with Gasteiger partial charge in [-0.15, -0.1) is 0 Å². The van der Waals surface area contributed by atoms with Gasteiger partial charge in [0.05, 0.1) is 16.7 Å². The fourth-order valence-corrected chi connectivity index (χ4v) is 2.28. The maximum Gasteiger partial charge on any atom is 0.146 e. The highest BCUT2D eigenvalue weighted by molar-refractivity contribution is 6.31. The van der Waals surface area contributed by atoms with Gasteiger partial charge in [-0.1, -0.05) is 11.6 Å². The molecule has 3 aromatic rings. The van der Waals surface area contributed by atoms with Crippen molar-refractivity contribution in [3.8, 4) is 11.4 Å². The van der Waals surface area contributed by atoms with Gasteiger partial charge in [0.1, 0.15) is 11.6 Å². The number of nitrogens with two attached hydrogens (primary N) is 1. The maximum absolute atomic E-state index is 13.2. The third kappa shape index (κ3) is 1.94. The second-order valence-electron chi connectivity index (χ2n) is 4.36. The lowest BCUT2D eigenvalue weighted by Crippen LogP contribution is -1.95. The first-order chi connectivity index (χ1) is 9.06. The zero-order valence-electron chi connectivity index (χ0n) is 10.2. The monoisotopic (exact) mass is 275 g/mol. The van der Waals surface area contributed by atoms with E-state index in [1.807, 2.05) is 23.7 Å². The van der Waals surface area contributed by atoms with E-state index in [0.717, 1.165) is 22.4 Å². The number of benzene rings is 2. The first-order valence-corrected chi connectivity index (χ1v) is 6.11. The number of imidazole rings is 1. The molecule has 0 radical (unpaired) electrons. The van der Waals surface area contributed by atoms with Gasteiger partial charge in [-0.05, 0) is 36.4 Å². The number of anilines is 1. The molecule has 3 rings (SSSR count). The third-order valence-electron chi connectivity index (χ3n) is 3.10. The lowest BCUT2D eigenvalue weighted by Gasteiger charge is -2.04. The topological polar surface area (TPSA) is 43.8 Å². The van der Waals surface area contributed by atoms with Crippen molar-refractivity contribution in [2.24, 2.45) is 7.05 Å². The molecule has 0 atom stereocenters. The summed E-state index contributed by atoms with van der Waals surface area (Å²) < 4.78 is 15.1. The van der Waals surface area contributed by atoms with Crippen molar-refractivity contribution >= 4 is 28.3 Å². The molecule has 1 aromatic heterocycles. The first kappa shape index (κ1) is 12.0. The average Bonchev–Trinajstić information content (AvgIpc) is 2.70. The highest BCUT2D eigenvalue weighted by atomic mass is 35.5. The van der Waals surface area contributed by atoms with Crippen LogP contribution in [-0.4, -0.2) is 9.55 Å². The summed E-state index contributed by atoms with van der Waals surface area (Å²) in [5.74, 6) is 0.300. The van der Waals surface area contributed by atoms with Crippen LogP contribution < -0.4 is 5.73 Å². The van der Waals surface area contributed by atoms with E-state index < -0.39 is 5.82 Å². The zero-order chi connectivity index (χ0) is 13.6. The molecular formula is C14H11ClFN3. The van der Waals surface area contributed by atoms with Gasteiger partial charge in [0, 0.05) is 17.6 Å². The van der Waals surface area contributed by atoms with Crippen LogP contribution in [0.2, 0.25) is 5.02 Å². The molecule has 3 nitrogen and oxygen atoms in total. The Morgan fingerprint density at radius 3 is 2.74 bits per heavy atom. The van der Waals surface area contributed by atoms with Crippen LogP contribution >= 0.6 is 11.6 Å². The quantitative estimate of drug-likeness (QED) is 0.690. The van der Waals surface area contributed by atoms with E-state index in [0.29, 0.717) is 5.02 Å². The molecule has 2 N–H and O–H groups in total. The van der Waals surface area contributed by atoms with Gasteiger partial charge in [0.25, 0.3) is 0 Å². The third-order valence-corrected chi connectivity index (χ3v) is 3.33. The Morgan fingerprint density at radius 1 is 1.21 bits per heavy atom. The van der Waals surface area contributed by atoms with E-state index in [1.54, 1.807) is 18.2 Å². The van der Waals surface area contributed by atoms with Crippen molar-refractivity contribution in [2.75, 3.05) is 5.73 Å². The number of nitrogens with zero attached hydrogens (tertiary/aromatic N) is 2. The number of aryl methyl sites for hydroxylation is 1. The minimum absolute atomic E-state index is 0.114. The highest BCUT2D eigenvalue weighted by Crippen LogP contribution is 2.27. The number of halogens is 2. The number of hydrogen-bond donors (Lipinski definition) is 1. The zero-order valence-corrected chi connectivity index (χ0v) is 10.9. The molecule has 5 heteroatoms. The Kier molecular flexibility index (Phi) is 2.68. The molecule has 0 aliphatic heterocycles. The van der Waals surface area contributed by atoms with Crippen LogP contribution in [0.5, 0.6) is 0 Å². The van der Waals surface area contributed by atoms with Crippen molar-refractivity contribution in [3.05, 3.63) is 47.2 Å². The van der Waals surface area contributed by atoms with E-state index in [9.17, 15) is 4.39 Å². The number of hydrogen-bond acceptors (Lipinski definition) is 2. The first-order valence-electron chi connectivity index (χ1n) is 5.73. The Morgan fingerprint density at radius 2 is 2.00 bits per heavy atom. The summed E-state index contributed by atoms with van der Waals surface area (Å²) in [4.78, 5) is 4.51. The smallest absolute Gasteiger partial charge is 0.146 e. The molecule has 0 unspecified atom stereocenters. The van der Waals surface area contributed by atoms with E-state index in [-0.39, 0.29) is 5.69 Å². The molecule has 0 aliphatic rings. The molecule has 0 fully saturated rings. The van der Waals surface area contributed by atoms with Gasteiger partial charge in [-0.3, -0.25) is 0 Å². The van der Waals surface area contributed by atoms with Gasteiger partial charge in [-0.25, -0.2) is 9.37 Å². The summed E-state index contributed by atoms with van der Waals surface area (Å²) in [5, 5.41) is 0.635. The van der Waals surface area contributed by atoms with Crippen LogP contribution in [0.4, 0.5) is 10.1 Å². The molecule has 96 valence electrons. The molecule has 19 heavy (non-hydrogen) atoms. The van der Waals surface area contributed by atoms with Crippen molar-refractivity contribution in [1.82, 2.24) is 9.55 Å². The van der Waals surface area contributed by atoms with Crippen LogP contribution in [-0.2, 0) is 7.05 Å². The highest BCUT2D eigenvalue weighted by Gasteiger charge is 2.11. The van der Waals surface area contributed by atoms with Gasteiger partial charge in [-0.2, -0.15) is 0 Å². The van der Waals surface area contributed by atoms with Crippen molar-refractivity contribution in [1.29, 1.82) is 0 Å². The summed E-state index contributed by atoms with van der Waals surface area (Å²) in [5.41, 5.74) is 8.24. The van der Waals surface area contributed by atoms with E-state index >= 15 is 0 Å². The van der Waals surface area contributed by atoms with Gasteiger partial charge >= 0.3 is 0 Å². The fourth-order valence-electron chi connectivity index (χ4n) is 2.11. The number of rotatable bonds is 1. The summed E-state index contributed by atoms with van der Waals surface area (Å²) in [7, 11) is 1.90. The molecule has 0 spiro atoms. The van der Waals surface area contributed by atoms with Crippen LogP contribution in [0.3, 0.4) is 0 Å². The standard InChI is InChI=1S/C14H11ClFN3/c1-19-13-5-3-9(15)7-12(13)18-14(19)8-2-4-10(16)11(17)6-8/h2-7H,17H2,1H3. The molecular weight excluding hydrogens is 265 g/mol. The van der Waals surface area contributed by atoms with Crippen molar-refractivity contribution in [3.63, 3.8) is 0 Å². The van der Waals surface area contributed by atoms with E-state index in [2.05, 4.69) is 4.98 Å². The lowest BCUT2D eigenvalue weighted by atomic mass is 10.2. The summed E-state index contributed by atoms with van der Waals surface area (Å²) in [6.07, 6.45) is 0. The van der Waals surface area contributed by atoms with Crippen LogP contribution in [0, 0.1) is 5.82 Å². The van der Waals surface area contributed by atoms with Crippen LogP contribution in [0.15, 0.2) is 36.4 Å². The minimum Gasteiger partial charge on any atom is -0.396 e. The molecule has 0 saturated carbocycles. The molecule has 2 aromatic carbocycles. The minimum atomic E-state index is -0.425. The SMILES string of the molecule is Cn1c(-c2ccc(F)c(N)c2)nc2cc(Cl)ccc21.